The molecule has 1 aromatic heterocycles. The van der Waals surface area contributed by atoms with Crippen molar-refractivity contribution >= 4 is 5.82 Å². The summed E-state index contributed by atoms with van der Waals surface area (Å²) in [5, 5.41) is 0. The van der Waals surface area contributed by atoms with Gasteiger partial charge >= 0.3 is 5.69 Å². The fraction of sp³-hybridized carbons (Fsp3) is 0.556. The van der Waals surface area contributed by atoms with Crippen molar-refractivity contribution in [3.05, 3.63) is 26.9 Å². The van der Waals surface area contributed by atoms with Crippen molar-refractivity contribution in [1.29, 1.82) is 0 Å². The highest BCUT2D eigenvalue weighted by Crippen LogP contribution is 2.16. The topological polar surface area (TPSA) is 80.9 Å². The van der Waals surface area contributed by atoms with Gasteiger partial charge in [0.1, 0.15) is 5.82 Å². The Morgan fingerprint density at radius 1 is 1.36 bits per heavy atom. The van der Waals surface area contributed by atoms with Gasteiger partial charge in [0.05, 0.1) is 0 Å². The Hall–Kier alpha value is -1.52. The molecule has 0 radical (unpaired) electrons. The normalized spacial score (nSPS) is 13.1. The van der Waals surface area contributed by atoms with Gasteiger partial charge in [-0.05, 0) is 12.8 Å². The molecule has 14 heavy (non-hydrogen) atoms. The van der Waals surface area contributed by atoms with Crippen molar-refractivity contribution in [2.75, 3.05) is 5.73 Å². The number of aromatic nitrogens is 2. The summed E-state index contributed by atoms with van der Waals surface area (Å²) in [4.78, 5) is 24.5. The highest BCUT2D eigenvalue weighted by molar-refractivity contribution is 5.26. The summed E-state index contributed by atoms with van der Waals surface area (Å²) < 4.78 is 1.39. The second kappa shape index (κ2) is 3.69. The molecule has 5 nitrogen and oxygen atoms in total. The lowest BCUT2D eigenvalue weighted by Crippen LogP contribution is -2.34. The molecule has 0 aliphatic rings. The third-order valence-corrected chi connectivity index (χ3v) is 2.38. The van der Waals surface area contributed by atoms with Crippen molar-refractivity contribution < 1.29 is 0 Å². The van der Waals surface area contributed by atoms with E-state index in [9.17, 15) is 9.59 Å². The molecular weight excluding hydrogens is 182 g/mol. The molecule has 1 atom stereocenters. The van der Waals surface area contributed by atoms with Crippen LogP contribution in [0.5, 0.6) is 0 Å². The molecule has 1 unspecified atom stereocenters. The Kier molecular flexibility index (Phi) is 2.78. The van der Waals surface area contributed by atoms with E-state index in [1.807, 2.05) is 20.8 Å². The first-order valence-electron chi connectivity index (χ1n) is 4.55. The van der Waals surface area contributed by atoms with Gasteiger partial charge in [0.15, 0.2) is 0 Å². The molecule has 0 aliphatic carbocycles. The van der Waals surface area contributed by atoms with Crippen LogP contribution in [0.15, 0.2) is 15.7 Å². The first-order valence-corrected chi connectivity index (χ1v) is 4.55. The first kappa shape index (κ1) is 10.6. The molecule has 1 aromatic rings. The van der Waals surface area contributed by atoms with Crippen molar-refractivity contribution in [2.45, 2.75) is 26.8 Å². The zero-order valence-corrected chi connectivity index (χ0v) is 8.57. The number of nitrogens with two attached hydrogens (primary N) is 1. The lowest BCUT2D eigenvalue weighted by molar-refractivity contribution is 0.397. The first-order chi connectivity index (χ1) is 6.43. The van der Waals surface area contributed by atoms with Crippen LogP contribution in [0, 0.1) is 5.92 Å². The van der Waals surface area contributed by atoms with Crippen molar-refractivity contribution in [1.82, 2.24) is 9.55 Å². The van der Waals surface area contributed by atoms with Gasteiger partial charge in [-0.15, -0.1) is 0 Å². The molecule has 3 N–H and O–H groups in total. The highest BCUT2D eigenvalue weighted by atomic mass is 16.2. The average Bonchev–Trinajstić information content (AvgIpc) is 2.01. The van der Waals surface area contributed by atoms with Gasteiger partial charge in [-0.2, -0.15) is 0 Å². The van der Waals surface area contributed by atoms with Crippen LogP contribution in [0.25, 0.3) is 0 Å². The van der Waals surface area contributed by atoms with Crippen LogP contribution in [-0.4, -0.2) is 9.55 Å². The predicted octanol–water partition coefficient (Wildman–Crippen LogP) is 0.336. The number of anilines is 1. The fourth-order valence-electron chi connectivity index (χ4n) is 1.24. The largest absolute Gasteiger partial charge is 0.385 e. The second-order valence-electron chi connectivity index (χ2n) is 3.72. The lowest BCUT2D eigenvalue weighted by atomic mass is 10.1. The van der Waals surface area contributed by atoms with Gasteiger partial charge in [-0.25, -0.2) is 4.79 Å². The van der Waals surface area contributed by atoms with Crippen molar-refractivity contribution in [3.63, 3.8) is 0 Å². The molecule has 0 spiro atoms. The number of nitrogens with one attached hydrogen (secondary N) is 1. The lowest BCUT2D eigenvalue weighted by Gasteiger charge is -2.19. The van der Waals surface area contributed by atoms with Crippen LogP contribution >= 0.6 is 0 Å². The molecule has 1 rings (SSSR count). The summed E-state index contributed by atoms with van der Waals surface area (Å²) in [6, 6.07) is 1.19. The summed E-state index contributed by atoms with van der Waals surface area (Å²) in [5.41, 5.74) is 4.70. The summed E-state index contributed by atoms with van der Waals surface area (Å²) in [7, 11) is 0. The Labute approximate surface area is 81.6 Å². The van der Waals surface area contributed by atoms with Crippen molar-refractivity contribution in [3.8, 4) is 0 Å². The van der Waals surface area contributed by atoms with Gasteiger partial charge in [0.2, 0.25) is 0 Å². The van der Waals surface area contributed by atoms with Gasteiger partial charge in [-0.1, -0.05) is 13.8 Å². The van der Waals surface area contributed by atoms with E-state index in [2.05, 4.69) is 4.98 Å². The van der Waals surface area contributed by atoms with Crippen molar-refractivity contribution in [2.24, 2.45) is 5.92 Å². The van der Waals surface area contributed by atoms with Crippen LogP contribution in [0.4, 0.5) is 5.82 Å². The molecular formula is C9H15N3O2. The minimum Gasteiger partial charge on any atom is -0.385 e. The molecule has 0 bridgehead atoms. The number of aromatic amines is 1. The number of nitrogen functional groups attached to an aromatic ring is 1. The van der Waals surface area contributed by atoms with E-state index in [1.165, 1.54) is 10.6 Å². The molecule has 0 aromatic carbocycles. The zero-order valence-electron chi connectivity index (χ0n) is 8.57. The maximum atomic E-state index is 11.4. The standard InChI is InChI=1S/C9H15N3O2/c1-5(2)6(3)12-7(10)4-8(13)11-9(12)14/h4-6H,10H2,1-3H3,(H,11,13,14). The quantitative estimate of drug-likeness (QED) is 0.717. The van der Waals surface area contributed by atoms with E-state index in [-0.39, 0.29) is 17.8 Å². The Bertz CT molecular complexity index is 430. The highest BCUT2D eigenvalue weighted by Gasteiger charge is 2.13. The number of H-pyrrole nitrogens is 1. The van der Waals surface area contributed by atoms with E-state index in [1.54, 1.807) is 0 Å². The molecule has 78 valence electrons. The fourth-order valence-corrected chi connectivity index (χ4v) is 1.24. The summed E-state index contributed by atoms with van der Waals surface area (Å²) in [5.74, 6) is 0.487. The Morgan fingerprint density at radius 2 is 1.93 bits per heavy atom. The monoisotopic (exact) mass is 197 g/mol. The number of hydrogen-bond acceptors (Lipinski definition) is 3. The summed E-state index contributed by atoms with van der Waals surface area (Å²) in [6.07, 6.45) is 0. The molecule has 0 amide bonds. The van der Waals surface area contributed by atoms with Crippen LogP contribution in [0.3, 0.4) is 0 Å². The summed E-state index contributed by atoms with van der Waals surface area (Å²) in [6.45, 7) is 5.87. The van der Waals surface area contributed by atoms with Crippen LogP contribution in [-0.2, 0) is 0 Å². The maximum absolute atomic E-state index is 11.4. The Morgan fingerprint density at radius 3 is 2.36 bits per heavy atom. The van der Waals surface area contributed by atoms with Gasteiger partial charge in [0, 0.05) is 12.1 Å². The average molecular weight is 197 g/mol. The molecule has 1 heterocycles. The predicted molar refractivity (Wildman–Crippen MR) is 55.3 cm³/mol. The maximum Gasteiger partial charge on any atom is 0.330 e. The minimum absolute atomic E-state index is 0.0284. The third kappa shape index (κ3) is 1.86. The van der Waals surface area contributed by atoms with E-state index < -0.39 is 11.2 Å². The second-order valence-corrected chi connectivity index (χ2v) is 3.72. The summed E-state index contributed by atoms with van der Waals surface area (Å²) >= 11 is 0. The minimum atomic E-state index is -0.459. The zero-order chi connectivity index (χ0) is 10.9. The number of rotatable bonds is 2. The van der Waals surface area contributed by atoms with Crippen LogP contribution in [0.1, 0.15) is 26.8 Å². The SMILES string of the molecule is CC(C)C(C)n1c(N)cc(=O)[nH]c1=O. The van der Waals surface area contributed by atoms with Gasteiger partial charge in [-0.3, -0.25) is 14.3 Å². The molecule has 5 heteroatoms. The third-order valence-electron chi connectivity index (χ3n) is 2.38. The Balaban J connectivity index is 3.35. The van der Waals surface area contributed by atoms with Gasteiger partial charge in [0.25, 0.3) is 5.56 Å². The molecule has 0 fully saturated rings. The van der Waals surface area contributed by atoms with E-state index >= 15 is 0 Å². The van der Waals surface area contributed by atoms with E-state index in [0.29, 0.717) is 0 Å². The smallest absolute Gasteiger partial charge is 0.330 e. The van der Waals surface area contributed by atoms with Crippen LogP contribution < -0.4 is 17.0 Å². The van der Waals surface area contributed by atoms with Gasteiger partial charge < -0.3 is 5.73 Å². The van der Waals surface area contributed by atoms with E-state index in [0.717, 1.165) is 0 Å². The molecule has 0 saturated heterocycles. The van der Waals surface area contributed by atoms with E-state index in [4.69, 9.17) is 5.73 Å². The molecule has 0 saturated carbocycles. The molecule has 0 aliphatic heterocycles. The van der Waals surface area contributed by atoms with Crippen LogP contribution in [0.2, 0.25) is 0 Å². The number of nitrogens with zero attached hydrogens (tertiary/aromatic N) is 1. The number of hydrogen-bond donors (Lipinski definition) is 2.